The predicted molar refractivity (Wildman–Crippen MR) is 155 cm³/mol. The van der Waals surface area contributed by atoms with Crippen LogP contribution in [-0.2, 0) is 20.9 Å². The van der Waals surface area contributed by atoms with E-state index in [0.29, 0.717) is 15.4 Å². The number of benzene rings is 2. The number of carbonyl (C=O) groups excluding carboxylic acids is 4. The number of aldehydes is 1. The van der Waals surface area contributed by atoms with Crippen molar-refractivity contribution in [2.75, 3.05) is 20.3 Å². The summed E-state index contributed by atoms with van der Waals surface area (Å²) < 4.78 is 12.1. The maximum atomic E-state index is 13.3. The minimum Gasteiger partial charge on any atom is -0.493 e. The van der Waals surface area contributed by atoms with Gasteiger partial charge in [-0.2, -0.15) is 0 Å². The summed E-state index contributed by atoms with van der Waals surface area (Å²) in [5.41, 5.74) is 2.35. The third-order valence-electron chi connectivity index (χ3n) is 6.55. The van der Waals surface area contributed by atoms with Gasteiger partial charge in [0.2, 0.25) is 11.7 Å². The molecule has 0 aliphatic heterocycles. The number of carbonyl (C=O) groups is 4. The van der Waals surface area contributed by atoms with E-state index < -0.39 is 35.8 Å². The Bertz CT molecular complexity index is 1280. The van der Waals surface area contributed by atoms with E-state index >= 15 is 0 Å². The molecule has 0 radical (unpaired) electrons. The number of hydrogen-bond donors (Lipinski definition) is 3. The first-order chi connectivity index (χ1) is 19.1. The van der Waals surface area contributed by atoms with Gasteiger partial charge in [0.15, 0.2) is 11.5 Å². The molecule has 0 aromatic heterocycles. The molecule has 40 heavy (non-hydrogen) atoms. The van der Waals surface area contributed by atoms with Gasteiger partial charge in [-0.1, -0.05) is 36.8 Å². The first-order valence-electron chi connectivity index (χ1n) is 12.8. The number of aliphatic hydroxyl groups is 2. The van der Waals surface area contributed by atoms with E-state index in [1.54, 1.807) is 13.0 Å². The first-order valence-corrected chi connectivity index (χ1v) is 13.9. The van der Waals surface area contributed by atoms with Gasteiger partial charge in [0, 0.05) is 37.1 Å². The highest BCUT2D eigenvalue weighted by atomic mass is 127. The van der Waals surface area contributed by atoms with Crippen LogP contribution in [0.5, 0.6) is 11.5 Å². The lowest BCUT2D eigenvalue weighted by Crippen LogP contribution is -2.56. The second kappa shape index (κ2) is 14.4. The molecule has 3 rings (SSSR count). The molecule has 214 valence electrons. The minimum absolute atomic E-state index is 0.00806. The molecule has 10 nitrogen and oxygen atoms in total. The van der Waals surface area contributed by atoms with Crippen LogP contribution in [0.15, 0.2) is 48.0 Å². The Morgan fingerprint density at radius 1 is 1.20 bits per heavy atom. The van der Waals surface area contributed by atoms with Gasteiger partial charge >= 0.3 is 0 Å². The quantitative estimate of drug-likeness (QED) is 0.179. The number of nitrogens with one attached hydrogen (secondary N) is 1. The van der Waals surface area contributed by atoms with Crippen molar-refractivity contribution in [3.63, 3.8) is 0 Å². The first kappa shape index (κ1) is 31.2. The van der Waals surface area contributed by atoms with E-state index in [9.17, 15) is 29.4 Å². The van der Waals surface area contributed by atoms with Crippen LogP contribution in [0.2, 0.25) is 0 Å². The molecule has 2 amide bonds. The number of halogens is 1. The van der Waals surface area contributed by atoms with E-state index in [1.165, 1.54) is 24.2 Å². The average molecular weight is 664 g/mol. The van der Waals surface area contributed by atoms with Crippen LogP contribution in [0.3, 0.4) is 0 Å². The molecule has 0 saturated carbocycles. The number of ether oxygens (including phenoxy) is 2. The molecule has 0 spiro atoms. The Morgan fingerprint density at radius 2 is 1.90 bits per heavy atom. The van der Waals surface area contributed by atoms with Gasteiger partial charge in [-0.25, -0.2) is 0 Å². The number of aryl methyl sites for hydroxylation is 1. The SMILES string of the molecule is CCC(=O)C(=O)N(Cc1ccc(C)cc1)C1CC(C(=O)NCCO)=CC(Oc2c(I)cc(C=O)cc2OC)C1O. The molecular weight excluding hydrogens is 631 g/mol. The molecule has 1 aliphatic carbocycles. The number of rotatable bonds is 12. The fourth-order valence-corrected chi connectivity index (χ4v) is 5.13. The van der Waals surface area contributed by atoms with Crippen molar-refractivity contribution in [1.82, 2.24) is 10.2 Å². The van der Waals surface area contributed by atoms with Crippen molar-refractivity contribution in [2.45, 2.75) is 51.5 Å². The zero-order valence-corrected chi connectivity index (χ0v) is 24.7. The average Bonchev–Trinajstić information content (AvgIpc) is 2.96. The highest BCUT2D eigenvalue weighted by molar-refractivity contribution is 14.1. The molecule has 2 aromatic rings. The lowest BCUT2D eigenvalue weighted by Gasteiger charge is -2.40. The molecule has 1 aliphatic rings. The van der Waals surface area contributed by atoms with Crippen molar-refractivity contribution in [2.24, 2.45) is 0 Å². The van der Waals surface area contributed by atoms with Crippen molar-refractivity contribution in [1.29, 1.82) is 0 Å². The Morgan fingerprint density at radius 3 is 2.50 bits per heavy atom. The summed E-state index contributed by atoms with van der Waals surface area (Å²) in [6.07, 6.45) is -0.395. The molecule has 3 N–H and O–H groups in total. The van der Waals surface area contributed by atoms with Crippen molar-refractivity contribution < 1.29 is 38.9 Å². The van der Waals surface area contributed by atoms with Crippen LogP contribution in [0, 0.1) is 10.5 Å². The number of aliphatic hydroxyl groups excluding tert-OH is 2. The molecule has 0 heterocycles. The number of Topliss-reactive ketones (excluding diaryl/α,β-unsaturated/α-hetero) is 1. The van der Waals surface area contributed by atoms with Crippen LogP contribution in [0.4, 0.5) is 0 Å². The highest BCUT2D eigenvalue weighted by Crippen LogP contribution is 2.37. The smallest absolute Gasteiger partial charge is 0.290 e. The van der Waals surface area contributed by atoms with E-state index in [2.05, 4.69) is 5.32 Å². The van der Waals surface area contributed by atoms with Crippen LogP contribution < -0.4 is 14.8 Å². The summed E-state index contributed by atoms with van der Waals surface area (Å²) in [7, 11) is 1.41. The van der Waals surface area contributed by atoms with Gasteiger partial charge in [-0.15, -0.1) is 0 Å². The fourth-order valence-electron chi connectivity index (χ4n) is 4.38. The van der Waals surface area contributed by atoms with E-state index in [4.69, 9.17) is 9.47 Å². The topological polar surface area (TPSA) is 142 Å². The predicted octanol–water partition coefficient (Wildman–Crippen LogP) is 2.34. The Balaban J connectivity index is 2.07. The second-order valence-corrected chi connectivity index (χ2v) is 10.5. The van der Waals surface area contributed by atoms with Crippen LogP contribution in [0.25, 0.3) is 0 Å². The molecule has 2 aromatic carbocycles. The van der Waals surface area contributed by atoms with E-state index in [-0.39, 0.29) is 49.6 Å². The second-order valence-electron chi connectivity index (χ2n) is 9.36. The van der Waals surface area contributed by atoms with Crippen molar-refractivity contribution in [3.8, 4) is 11.5 Å². The summed E-state index contributed by atoms with van der Waals surface area (Å²) in [4.78, 5) is 51.6. The summed E-state index contributed by atoms with van der Waals surface area (Å²) in [6, 6.07) is 9.52. The summed E-state index contributed by atoms with van der Waals surface area (Å²) in [5.74, 6) is -1.41. The standard InChI is InChI=1S/C29H33IN2O8/c1-4-23(35)29(38)32(15-18-7-5-17(2)6-8-18)22-13-20(28(37)31-9-10-33)14-24(26(22)36)40-27-21(30)11-19(16-34)12-25(27)39-3/h5-8,11-12,14,16,22,24,26,33,36H,4,9-10,13,15H2,1-3H3,(H,31,37). The summed E-state index contributed by atoms with van der Waals surface area (Å²) in [6.45, 7) is 3.28. The van der Waals surface area contributed by atoms with E-state index in [0.717, 1.165) is 11.1 Å². The van der Waals surface area contributed by atoms with Gasteiger partial charge in [-0.3, -0.25) is 19.2 Å². The lowest BCUT2D eigenvalue weighted by atomic mass is 9.87. The molecule has 3 atom stereocenters. The number of methoxy groups -OCH3 is 1. The van der Waals surface area contributed by atoms with E-state index in [1.807, 2.05) is 53.8 Å². The van der Waals surface area contributed by atoms with Crippen LogP contribution in [-0.4, -0.2) is 77.5 Å². The third-order valence-corrected chi connectivity index (χ3v) is 7.35. The zero-order valence-electron chi connectivity index (χ0n) is 22.6. The maximum Gasteiger partial charge on any atom is 0.290 e. The summed E-state index contributed by atoms with van der Waals surface area (Å²) >= 11 is 1.98. The Labute approximate surface area is 246 Å². The number of nitrogens with zero attached hydrogens (tertiary/aromatic N) is 1. The third kappa shape index (κ3) is 7.46. The number of amides is 2. The monoisotopic (exact) mass is 664 g/mol. The number of ketones is 1. The van der Waals surface area contributed by atoms with Gasteiger partial charge in [-0.05, 0) is 53.3 Å². The molecule has 3 unspecified atom stereocenters. The van der Waals surface area contributed by atoms with Gasteiger partial charge in [0.05, 0.1) is 23.3 Å². The molecule has 11 heteroatoms. The van der Waals surface area contributed by atoms with Gasteiger partial charge < -0.3 is 29.9 Å². The largest absolute Gasteiger partial charge is 0.493 e. The molecule has 0 bridgehead atoms. The minimum atomic E-state index is -1.33. The fraction of sp³-hybridized carbons (Fsp3) is 0.379. The molecule has 0 saturated heterocycles. The number of hydrogen-bond acceptors (Lipinski definition) is 8. The molecule has 0 fully saturated rings. The van der Waals surface area contributed by atoms with Gasteiger partial charge in [0.25, 0.3) is 5.91 Å². The Hall–Kier alpha value is -3.29. The Kier molecular flexibility index (Phi) is 11.2. The van der Waals surface area contributed by atoms with Crippen molar-refractivity contribution >= 4 is 46.5 Å². The lowest BCUT2D eigenvalue weighted by molar-refractivity contribution is -0.149. The van der Waals surface area contributed by atoms with Crippen LogP contribution in [0.1, 0.15) is 41.3 Å². The highest BCUT2D eigenvalue weighted by Gasteiger charge is 2.42. The maximum absolute atomic E-state index is 13.3. The molecular formula is C29H33IN2O8. The van der Waals surface area contributed by atoms with Gasteiger partial charge in [0.1, 0.15) is 18.5 Å². The van der Waals surface area contributed by atoms with Crippen molar-refractivity contribution in [3.05, 3.63) is 68.3 Å². The zero-order chi connectivity index (χ0) is 29.4. The normalized spacial score (nSPS) is 18.4. The van der Waals surface area contributed by atoms with Crippen LogP contribution >= 0.6 is 22.6 Å². The summed E-state index contributed by atoms with van der Waals surface area (Å²) in [5, 5.41) is 23.4.